The maximum atomic E-state index is 12.9. The molecular formula is C19H15F2N3O3. The Morgan fingerprint density at radius 3 is 2.33 bits per heavy atom. The molecule has 0 spiro atoms. The van der Waals surface area contributed by atoms with Crippen LogP contribution in [-0.4, -0.2) is 23.4 Å². The van der Waals surface area contributed by atoms with Crippen molar-refractivity contribution in [2.75, 3.05) is 0 Å². The van der Waals surface area contributed by atoms with Crippen LogP contribution in [0.3, 0.4) is 0 Å². The number of nitrogens with one attached hydrogen (secondary N) is 1. The SMILES string of the molecule is CC1(c2ccc(OC(F)F)cc2)NC(=O)N(Cc2ccc(C#N)cc2)C1=O. The number of nitriles is 1. The Morgan fingerprint density at radius 2 is 1.78 bits per heavy atom. The Balaban J connectivity index is 1.80. The van der Waals surface area contributed by atoms with Crippen LogP contribution < -0.4 is 10.1 Å². The van der Waals surface area contributed by atoms with Gasteiger partial charge in [-0.2, -0.15) is 14.0 Å². The van der Waals surface area contributed by atoms with E-state index in [1.54, 1.807) is 31.2 Å². The van der Waals surface area contributed by atoms with Crippen LogP contribution in [0.15, 0.2) is 48.5 Å². The van der Waals surface area contributed by atoms with Crippen molar-refractivity contribution in [2.45, 2.75) is 25.6 Å². The van der Waals surface area contributed by atoms with Gasteiger partial charge in [-0.25, -0.2) is 4.79 Å². The van der Waals surface area contributed by atoms with E-state index in [-0.39, 0.29) is 12.3 Å². The number of imide groups is 1. The molecule has 1 heterocycles. The van der Waals surface area contributed by atoms with E-state index in [1.165, 1.54) is 24.3 Å². The zero-order chi connectivity index (χ0) is 19.6. The number of hydrogen-bond donors (Lipinski definition) is 1. The second-order valence-corrected chi connectivity index (χ2v) is 6.16. The van der Waals surface area contributed by atoms with E-state index < -0.39 is 24.1 Å². The van der Waals surface area contributed by atoms with Crippen molar-refractivity contribution in [3.8, 4) is 11.8 Å². The number of ether oxygens (including phenoxy) is 1. The molecule has 0 aromatic heterocycles. The Labute approximate surface area is 154 Å². The maximum absolute atomic E-state index is 12.9. The minimum absolute atomic E-state index is 0.0384. The molecule has 1 aliphatic rings. The molecule has 1 N–H and O–H groups in total. The van der Waals surface area contributed by atoms with Gasteiger partial charge in [0.15, 0.2) is 0 Å². The van der Waals surface area contributed by atoms with Crippen molar-refractivity contribution < 1.29 is 23.1 Å². The quantitative estimate of drug-likeness (QED) is 0.819. The van der Waals surface area contributed by atoms with Crippen LogP contribution in [0.2, 0.25) is 0 Å². The van der Waals surface area contributed by atoms with Gasteiger partial charge in [-0.05, 0) is 42.3 Å². The lowest BCUT2D eigenvalue weighted by Crippen LogP contribution is -2.40. The molecule has 0 bridgehead atoms. The summed E-state index contributed by atoms with van der Waals surface area (Å²) in [5.41, 5.74) is 0.312. The van der Waals surface area contributed by atoms with Gasteiger partial charge in [0, 0.05) is 0 Å². The third-order valence-electron chi connectivity index (χ3n) is 4.36. The molecule has 8 heteroatoms. The van der Waals surface area contributed by atoms with Crippen molar-refractivity contribution in [3.63, 3.8) is 0 Å². The Morgan fingerprint density at radius 1 is 1.15 bits per heavy atom. The van der Waals surface area contributed by atoms with Crippen molar-refractivity contribution in [1.82, 2.24) is 10.2 Å². The zero-order valence-corrected chi connectivity index (χ0v) is 14.3. The van der Waals surface area contributed by atoms with Crippen LogP contribution in [0.5, 0.6) is 5.75 Å². The third-order valence-corrected chi connectivity index (χ3v) is 4.36. The average Bonchev–Trinajstić information content (AvgIpc) is 2.86. The van der Waals surface area contributed by atoms with E-state index in [4.69, 9.17) is 5.26 Å². The van der Waals surface area contributed by atoms with Crippen LogP contribution in [0, 0.1) is 11.3 Å². The molecule has 1 fully saturated rings. The van der Waals surface area contributed by atoms with Crippen molar-refractivity contribution in [1.29, 1.82) is 5.26 Å². The van der Waals surface area contributed by atoms with Gasteiger partial charge >= 0.3 is 12.6 Å². The molecule has 0 aliphatic carbocycles. The molecule has 1 atom stereocenters. The molecule has 2 aromatic carbocycles. The van der Waals surface area contributed by atoms with E-state index in [9.17, 15) is 18.4 Å². The number of nitrogens with zero attached hydrogens (tertiary/aromatic N) is 2. The normalized spacial score (nSPS) is 19.1. The van der Waals surface area contributed by atoms with Crippen molar-refractivity contribution in [3.05, 3.63) is 65.2 Å². The molecule has 138 valence electrons. The highest BCUT2D eigenvalue weighted by Crippen LogP contribution is 2.31. The van der Waals surface area contributed by atoms with E-state index in [0.29, 0.717) is 16.7 Å². The highest BCUT2D eigenvalue weighted by molar-refractivity contribution is 6.07. The lowest BCUT2D eigenvalue weighted by molar-refractivity contribution is -0.131. The zero-order valence-electron chi connectivity index (χ0n) is 14.3. The molecule has 3 amide bonds. The molecule has 6 nitrogen and oxygen atoms in total. The molecule has 3 rings (SSSR count). The summed E-state index contributed by atoms with van der Waals surface area (Å²) in [5.74, 6) is -0.497. The van der Waals surface area contributed by atoms with Gasteiger partial charge in [0.05, 0.1) is 18.2 Å². The predicted molar refractivity (Wildman–Crippen MR) is 90.7 cm³/mol. The van der Waals surface area contributed by atoms with Gasteiger partial charge in [0.2, 0.25) is 0 Å². The van der Waals surface area contributed by atoms with Gasteiger partial charge in [-0.1, -0.05) is 24.3 Å². The first-order valence-electron chi connectivity index (χ1n) is 8.02. The number of halogens is 2. The standard InChI is InChI=1S/C19H15F2N3O3/c1-19(14-6-8-15(9-7-14)27-17(20)21)16(25)24(18(26)23-19)11-13-4-2-12(10-22)3-5-13/h2-9,17H,11H2,1H3,(H,23,26). The number of benzene rings is 2. The number of rotatable bonds is 5. The Bertz CT molecular complexity index is 907. The first-order valence-corrected chi connectivity index (χ1v) is 8.02. The molecular weight excluding hydrogens is 356 g/mol. The van der Waals surface area contributed by atoms with Crippen LogP contribution in [0.25, 0.3) is 0 Å². The van der Waals surface area contributed by atoms with E-state index in [1.807, 2.05) is 6.07 Å². The summed E-state index contributed by atoms with van der Waals surface area (Å²) < 4.78 is 28.8. The molecule has 2 aromatic rings. The number of hydrogen-bond acceptors (Lipinski definition) is 4. The van der Waals surface area contributed by atoms with Gasteiger partial charge in [-0.15, -0.1) is 0 Å². The van der Waals surface area contributed by atoms with Crippen LogP contribution >= 0.6 is 0 Å². The molecule has 1 saturated heterocycles. The number of carbonyl (C=O) groups is 2. The second-order valence-electron chi connectivity index (χ2n) is 6.16. The van der Waals surface area contributed by atoms with Crippen LogP contribution in [-0.2, 0) is 16.9 Å². The first kappa shape index (κ1) is 18.3. The topological polar surface area (TPSA) is 82.4 Å². The molecule has 1 unspecified atom stereocenters. The number of carbonyl (C=O) groups excluding carboxylic acids is 2. The Kier molecular flexibility index (Phi) is 4.77. The first-order chi connectivity index (χ1) is 12.8. The average molecular weight is 371 g/mol. The fourth-order valence-electron chi connectivity index (χ4n) is 2.87. The molecule has 27 heavy (non-hydrogen) atoms. The highest BCUT2D eigenvalue weighted by atomic mass is 19.3. The maximum Gasteiger partial charge on any atom is 0.387 e. The van der Waals surface area contributed by atoms with Crippen LogP contribution in [0.4, 0.5) is 13.6 Å². The minimum atomic E-state index is -2.94. The largest absolute Gasteiger partial charge is 0.435 e. The summed E-state index contributed by atoms with van der Waals surface area (Å²) in [6, 6.07) is 13.5. The third kappa shape index (κ3) is 3.58. The smallest absolute Gasteiger partial charge is 0.387 e. The van der Waals surface area contributed by atoms with Gasteiger partial charge in [0.25, 0.3) is 5.91 Å². The second kappa shape index (κ2) is 7.03. The van der Waals surface area contributed by atoms with Crippen LogP contribution in [0.1, 0.15) is 23.6 Å². The van der Waals surface area contributed by atoms with E-state index >= 15 is 0 Å². The van der Waals surface area contributed by atoms with Gasteiger partial charge < -0.3 is 10.1 Å². The predicted octanol–water partition coefficient (Wildman–Crippen LogP) is 3.13. The summed E-state index contributed by atoms with van der Waals surface area (Å²) in [5, 5.41) is 11.5. The van der Waals surface area contributed by atoms with Crippen molar-refractivity contribution in [2.24, 2.45) is 0 Å². The number of alkyl halides is 2. The van der Waals surface area contributed by atoms with Crippen molar-refractivity contribution >= 4 is 11.9 Å². The number of urea groups is 1. The van der Waals surface area contributed by atoms with E-state index in [2.05, 4.69) is 10.1 Å². The molecule has 1 aliphatic heterocycles. The molecule has 0 saturated carbocycles. The summed E-state index contributed by atoms with van der Waals surface area (Å²) >= 11 is 0. The summed E-state index contributed by atoms with van der Waals surface area (Å²) in [6.07, 6.45) is 0. The monoisotopic (exact) mass is 371 g/mol. The minimum Gasteiger partial charge on any atom is -0.435 e. The lowest BCUT2D eigenvalue weighted by atomic mass is 9.92. The summed E-state index contributed by atoms with van der Waals surface area (Å²) in [6.45, 7) is -1.34. The lowest BCUT2D eigenvalue weighted by Gasteiger charge is -2.22. The summed E-state index contributed by atoms with van der Waals surface area (Å²) in [4.78, 5) is 26.3. The number of amides is 3. The molecule has 0 radical (unpaired) electrons. The summed E-state index contributed by atoms with van der Waals surface area (Å²) in [7, 11) is 0. The Hall–Kier alpha value is -3.47. The fourth-order valence-corrected chi connectivity index (χ4v) is 2.87. The van der Waals surface area contributed by atoms with Gasteiger partial charge in [-0.3, -0.25) is 9.69 Å². The van der Waals surface area contributed by atoms with Gasteiger partial charge in [0.1, 0.15) is 11.3 Å². The van der Waals surface area contributed by atoms with E-state index in [0.717, 1.165) is 4.90 Å². The highest BCUT2D eigenvalue weighted by Gasteiger charge is 2.48. The fraction of sp³-hybridized carbons (Fsp3) is 0.211.